The summed E-state index contributed by atoms with van der Waals surface area (Å²) in [5.41, 5.74) is 1.03. The van der Waals surface area contributed by atoms with Crippen LogP contribution in [0.15, 0.2) is 34.9 Å². The molecular formula is C17H21N3O5. The van der Waals surface area contributed by atoms with Crippen molar-refractivity contribution in [1.82, 2.24) is 15.5 Å². The fourth-order valence-electron chi connectivity index (χ4n) is 2.32. The van der Waals surface area contributed by atoms with Crippen LogP contribution in [0.2, 0.25) is 0 Å². The molecule has 2 aromatic rings. The first-order chi connectivity index (χ1) is 12.0. The quantitative estimate of drug-likeness (QED) is 0.669. The number of aryl methyl sites for hydroxylation is 1. The van der Waals surface area contributed by atoms with Gasteiger partial charge in [0.05, 0.1) is 0 Å². The molecule has 0 saturated carbocycles. The summed E-state index contributed by atoms with van der Waals surface area (Å²) >= 11 is 0. The van der Waals surface area contributed by atoms with Gasteiger partial charge >= 0.3 is 5.97 Å². The Balaban J connectivity index is 1.81. The lowest BCUT2D eigenvalue weighted by Gasteiger charge is -2.18. The molecule has 0 aliphatic carbocycles. The summed E-state index contributed by atoms with van der Waals surface area (Å²) in [5, 5.41) is 15.3. The number of benzene rings is 1. The number of carbonyl (C=O) groups excluding carboxylic acids is 1. The van der Waals surface area contributed by atoms with Crippen LogP contribution in [-0.2, 0) is 27.4 Å². The van der Waals surface area contributed by atoms with E-state index in [0.717, 1.165) is 5.56 Å². The highest BCUT2D eigenvalue weighted by molar-refractivity contribution is 5.77. The Morgan fingerprint density at radius 1 is 1.32 bits per heavy atom. The van der Waals surface area contributed by atoms with Crippen LogP contribution in [0.3, 0.4) is 0 Å². The maximum atomic E-state index is 12.0. The molecule has 0 aliphatic heterocycles. The predicted molar refractivity (Wildman–Crippen MR) is 87.6 cm³/mol. The average molecular weight is 347 g/mol. The topological polar surface area (TPSA) is 115 Å². The van der Waals surface area contributed by atoms with Crippen LogP contribution in [0.4, 0.5) is 0 Å². The lowest BCUT2D eigenvalue weighted by molar-refractivity contribution is -0.137. The van der Waals surface area contributed by atoms with Crippen molar-refractivity contribution in [2.24, 2.45) is 0 Å². The Kier molecular flexibility index (Phi) is 7.09. The van der Waals surface area contributed by atoms with Gasteiger partial charge in [0.2, 0.25) is 5.91 Å². The third-order valence-electron chi connectivity index (χ3n) is 3.43. The third-order valence-corrected chi connectivity index (χ3v) is 3.43. The summed E-state index contributed by atoms with van der Waals surface area (Å²) < 4.78 is 10.1. The molecule has 1 aromatic carbocycles. The molecule has 0 fully saturated rings. The number of rotatable bonds is 10. The lowest BCUT2D eigenvalue weighted by atomic mass is 10.0. The minimum atomic E-state index is -0.893. The molecule has 1 amide bonds. The van der Waals surface area contributed by atoms with Gasteiger partial charge in [0.15, 0.2) is 5.82 Å². The van der Waals surface area contributed by atoms with Gasteiger partial charge in [-0.25, -0.2) is 0 Å². The summed E-state index contributed by atoms with van der Waals surface area (Å²) in [5.74, 6) is -0.408. The van der Waals surface area contributed by atoms with Crippen LogP contribution in [0.25, 0.3) is 0 Å². The fraction of sp³-hybridized carbons (Fsp3) is 0.412. The number of carboxylic acids is 1. The van der Waals surface area contributed by atoms with E-state index in [1.165, 1.54) is 0 Å². The number of hydrogen-bond acceptors (Lipinski definition) is 6. The molecule has 0 radical (unpaired) electrons. The minimum absolute atomic E-state index is 0.0140. The molecule has 1 heterocycles. The van der Waals surface area contributed by atoms with Crippen molar-refractivity contribution in [3.8, 4) is 0 Å². The monoisotopic (exact) mass is 347 g/mol. The van der Waals surface area contributed by atoms with Crippen molar-refractivity contribution in [2.75, 3.05) is 6.61 Å². The molecule has 0 spiro atoms. The summed E-state index contributed by atoms with van der Waals surface area (Å²) in [7, 11) is 0. The number of ether oxygens (including phenoxy) is 1. The van der Waals surface area contributed by atoms with Crippen LogP contribution >= 0.6 is 0 Å². The molecule has 0 saturated heterocycles. The second kappa shape index (κ2) is 9.53. The number of hydrogen-bond donors (Lipinski definition) is 2. The number of aromatic nitrogens is 2. The second-order valence-electron chi connectivity index (χ2n) is 5.61. The highest BCUT2D eigenvalue weighted by Crippen LogP contribution is 2.08. The number of carbonyl (C=O) groups is 2. The maximum absolute atomic E-state index is 12.0. The van der Waals surface area contributed by atoms with E-state index in [2.05, 4.69) is 15.5 Å². The Morgan fingerprint density at radius 2 is 2.08 bits per heavy atom. The van der Waals surface area contributed by atoms with E-state index in [1.54, 1.807) is 6.92 Å². The van der Waals surface area contributed by atoms with Crippen molar-refractivity contribution in [3.63, 3.8) is 0 Å². The normalized spacial score (nSPS) is 11.9. The van der Waals surface area contributed by atoms with E-state index in [9.17, 15) is 9.59 Å². The molecule has 1 aromatic heterocycles. The first-order valence-corrected chi connectivity index (χ1v) is 7.95. The van der Waals surface area contributed by atoms with Crippen molar-refractivity contribution < 1.29 is 24.0 Å². The average Bonchev–Trinajstić information content (AvgIpc) is 2.99. The van der Waals surface area contributed by atoms with Gasteiger partial charge in [-0.05, 0) is 25.3 Å². The predicted octanol–water partition coefficient (Wildman–Crippen LogP) is 1.49. The smallest absolute Gasteiger partial charge is 0.303 e. The molecule has 1 atom stereocenters. The van der Waals surface area contributed by atoms with Gasteiger partial charge in [-0.3, -0.25) is 9.59 Å². The van der Waals surface area contributed by atoms with Crippen LogP contribution in [0.1, 0.15) is 30.1 Å². The van der Waals surface area contributed by atoms with Crippen LogP contribution in [0, 0.1) is 6.92 Å². The number of carboxylic acid groups (broad SMARTS) is 1. The Labute approximate surface area is 145 Å². The lowest BCUT2D eigenvalue weighted by Crippen LogP contribution is -2.39. The fourth-order valence-corrected chi connectivity index (χ4v) is 2.32. The van der Waals surface area contributed by atoms with Gasteiger partial charge in [-0.15, -0.1) is 0 Å². The van der Waals surface area contributed by atoms with Gasteiger partial charge in [0.25, 0.3) is 5.89 Å². The van der Waals surface area contributed by atoms with E-state index in [1.807, 2.05) is 30.3 Å². The molecular weight excluding hydrogens is 326 g/mol. The minimum Gasteiger partial charge on any atom is -0.481 e. The van der Waals surface area contributed by atoms with Gasteiger partial charge in [-0.2, -0.15) is 4.98 Å². The molecule has 8 nitrogen and oxygen atoms in total. The van der Waals surface area contributed by atoms with Gasteiger partial charge < -0.3 is 19.7 Å². The number of amides is 1. The highest BCUT2D eigenvalue weighted by Gasteiger charge is 2.15. The van der Waals surface area contributed by atoms with Crippen molar-refractivity contribution in [3.05, 3.63) is 47.6 Å². The third kappa shape index (κ3) is 7.13. The van der Waals surface area contributed by atoms with E-state index in [4.69, 9.17) is 14.4 Å². The van der Waals surface area contributed by atoms with E-state index < -0.39 is 5.97 Å². The van der Waals surface area contributed by atoms with Gasteiger partial charge in [-0.1, -0.05) is 35.5 Å². The summed E-state index contributed by atoms with van der Waals surface area (Å²) in [6.07, 6.45) is 0.890. The van der Waals surface area contributed by atoms with E-state index in [-0.39, 0.29) is 31.6 Å². The standard InChI is InChI=1S/C17H21N3O5/c1-12-18-16(25-20-12)11-24-10-15(21)19-14(7-8-17(22)23)9-13-5-3-2-4-6-13/h2-6,14H,7-11H2,1H3,(H,19,21)(H,22,23). The molecule has 0 bridgehead atoms. The van der Waals surface area contributed by atoms with Gasteiger partial charge in [0.1, 0.15) is 13.2 Å². The van der Waals surface area contributed by atoms with Crippen molar-refractivity contribution >= 4 is 11.9 Å². The zero-order valence-corrected chi connectivity index (χ0v) is 14.0. The first kappa shape index (κ1) is 18.6. The Hall–Kier alpha value is -2.74. The first-order valence-electron chi connectivity index (χ1n) is 7.95. The molecule has 2 N–H and O–H groups in total. The maximum Gasteiger partial charge on any atom is 0.303 e. The van der Waals surface area contributed by atoms with Gasteiger partial charge in [0, 0.05) is 12.5 Å². The summed E-state index contributed by atoms with van der Waals surface area (Å²) in [6.45, 7) is 1.57. The molecule has 134 valence electrons. The van der Waals surface area contributed by atoms with Crippen LogP contribution < -0.4 is 5.32 Å². The Morgan fingerprint density at radius 3 is 2.72 bits per heavy atom. The summed E-state index contributed by atoms with van der Waals surface area (Å²) in [4.78, 5) is 26.8. The van der Waals surface area contributed by atoms with E-state index in [0.29, 0.717) is 24.6 Å². The Bertz CT molecular complexity index is 687. The molecule has 2 rings (SSSR count). The van der Waals surface area contributed by atoms with Crippen molar-refractivity contribution in [2.45, 2.75) is 38.8 Å². The SMILES string of the molecule is Cc1noc(COCC(=O)NC(CCC(=O)O)Cc2ccccc2)n1. The van der Waals surface area contributed by atoms with Crippen molar-refractivity contribution in [1.29, 1.82) is 0 Å². The molecule has 0 aliphatic rings. The van der Waals surface area contributed by atoms with Crippen LogP contribution in [0.5, 0.6) is 0 Å². The second-order valence-corrected chi connectivity index (χ2v) is 5.61. The number of aliphatic carboxylic acids is 1. The number of nitrogens with zero attached hydrogens (tertiary/aromatic N) is 2. The zero-order chi connectivity index (χ0) is 18.1. The summed E-state index contributed by atoms with van der Waals surface area (Å²) in [6, 6.07) is 9.31. The zero-order valence-electron chi connectivity index (χ0n) is 14.0. The van der Waals surface area contributed by atoms with Crippen LogP contribution in [-0.4, -0.2) is 39.8 Å². The molecule has 1 unspecified atom stereocenters. The number of nitrogens with one attached hydrogen (secondary N) is 1. The largest absolute Gasteiger partial charge is 0.481 e. The highest BCUT2D eigenvalue weighted by atomic mass is 16.5. The molecule has 25 heavy (non-hydrogen) atoms. The molecule has 8 heteroatoms. The van der Waals surface area contributed by atoms with E-state index >= 15 is 0 Å².